The Kier molecular flexibility index (Phi) is 4.70. The number of halogens is 3. The second-order valence-corrected chi connectivity index (χ2v) is 9.65. The predicted octanol–water partition coefficient (Wildman–Crippen LogP) is 2.70. The van der Waals surface area contributed by atoms with Gasteiger partial charge in [-0.05, 0) is 24.3 Å². The van der Waals surface area contributed by atoms with Crippen LogP contribution in [0.2, 0.25) is 15.1 Å². The van der Waals surface area contributed by atoms with Crippen molar-refractivity contribution in [3.05, 3.63) is 51.0 Å². The Morgan fingerprint density at radius 1 is 1.04 bits per heavy atom. The van der Waals surface area contributed by atoms with Crippen LogP contribution in [0.15, 0.2) is 40.1 Å². The van der Waals surface area contributed by atoms with E-state index >= 15 is 0 Å². The molecule has 0 saturated heterocycles. The van der Waals surface area contributed by atoms with E-state index in [4.69, 9.17) is 39.9 Å². The number of primary sulfonamides is 1. The molecule has 0 unspecified atom stereocenters. The van der Waals surface area contributed by atoms with E-state index in [1.165, 1.54) is 12.1 Å². The zero-order chi connectivity index (χ0) is 18.6. The van der Waals surface area contributed by atoms with E-state index in [0.717, 1.165) is 6.07 Å². The van der Waals surface area contributed by atoms with Crippen molar-refractivity contribution in [1.29, 1.82) is 0 Å². The average Bonchev–Trinajstić information content (AvgIpc) is 2.44. The van der Waals surface area contributed by atoms with Crippen molar-refractivity contribution in [3.63, 3.8) is 0 Å². The zero-order valence-corrected chi connectivity index (χ0v) is 16.0. The van der Waals surface area contributed by atoms with E-state index in [9.17, 15) is 16.8 Å². The van der Waals surface area contributed by atoms with Gasteiger partial charge in [-0.25, -0.2) is 22.0 Å². The van der Waals surface area contributed by atoms with Crippen LogP contribution in [0.5, 0.6) is 0 Å². The number of nitrogens with one attached hydrogen (secondary N) is 2. The molecule has 1 aliphatic rings. The number of anilines is 1. The summed E-state index contributed by atoms with van der Waals surface area (Å²) in [5.74, 6) is 0. The molecule has 2 aromatic rings. The summed E-state index contributed by atoms with van der Waals surface area (Å²) in [4.78, 5) is -0.773. The van der Waals surface area contributed by atoms with Crippen molar-refractivity contribution in [3.8, 4) is 0 Å². The number of sulfonamides is 2. The van der Waals surface area contributed by atoms with Gasteiger partial charge in [0.15, 0.2) is 0 Å². The van der Waals surface area contributed by atoms with E-state index in [1.54, 1.807) is 12.1 Å². The first-order valence-electron chi connectivity index (χ1n) is 6.59. The van der Waals surface area contributed by atoms with Crippen LogP contribution in [0, 0.1) is 0 Å². The average molecular weight is 443 g/mol. The number of hydrogen-bond acceptors (Lipinski definition) is 5. The fraction of sp³-hybridized carbons (Fsp3) is 0.0769. The Bertz CT molecular complexity index is 1090. The molecule has 12 heteroatoms. The van der Waals surface area contributed by atoms with Crippen molar-refractivity contribution >= 4 is 60.5 Å². The van der Waals surface area contributed by atoms with Crippen molar-refractivity contribution in [2.75, 3.05) is 5.32 Å². The van der Waals surface area contributed by atoms with E-state index < -0.39 is 31.1 Å². The fourth-order valence-corrected chi connectivity index (χ4v) is 5.36. The third kappa shape index (κ3) is 3.59. The fourth-order valence-electron chi connectivity index (χ4n) is 2.37. The number of nitrogens with two attached hydrogens (primary N) is 1. The van der Waals surface area contributed by atoms with Crippen LogP contribution < -0.4 is 15.2 Å². The van der Waals surface area contributed by atoms with Crippen molar-refractivity contribution in [2.24, 2.45) is 5.14 Å². The van der Waals surface area contributed by atoms with Gasteiger partial charge < -0.3 is 5.32 Å². The quantitative estimate of drug-likeness (QED) is 0.661. The molecule has 7 nitrogen and oxygen atoms in total. The minimum Gasteiger partial charge on any atom is -0.364 e. The molecule has 1 atom stereocenters. The maximum Gasteiger partial charge on any atom is 0.244 e. The Hall–Kier alpha value is -1.07. The molecule has 134 valence electrons. The van der Waals surface area contributed by atoms with Crippen molar-refractivity contribution < 1.29 is 16.8 Å². The molecule has 3 rings (SSSR count). The monoisotopic (exact) mass is 441 g/mol. The Morgan fingerprint density at radius 2 is 1.72 bits per heavy atom. The largest absolute Gasteiger partial charge is 0.364 e. The number of fused-ring (bicyclic) bond motifs is 1. The molecule has 0 aromatic heterocycles. The van der Waals surface area contributed by atoms with Crippen LogP contribution in [0.1, 0.15) is 11.7 Å². The van der Waals surface area contributed by atoms with Gasteiger partial charge in [0.25, 0.3) is 0 Å². The minimum absolute atomic E-state index is 0.118. The molecule has 0 fully saturated rings. The maximum absolute atomic E-state index is 12.5. The van der Waals surface area contributed by atoms with Gasteiger partial charge in [0, 0.05) is 15.6 Å². The molecule has 0 saturated carbocycles. The highest BCUT2D eigenvalue weighted by Crippen LogP contribution is 2.38. The minimum atomic E-state index is -4.18. The standard InChI is InChI=1S/C13H10Cl3N3O4S2/c14-6-1-2-7(8(15)3-6)13-18-10-4-9(16)11(24(17,20)21)5-12(10)25(22,23)19-13/h1-5,13,18-19H,(H2,17,20,21)/t13-/m1/s1. The van der Waals surface area contributed by atoms with E-state index in [0.29, 0.717) is 10.6 Å². The number of benzene rings is 2. The number of hydrogen-bond donors (Lipinski definition) is 3. The Balaban J connectivity index is 2.14. The van der Waals surface area contributed by atoms with Crippen LogP contribution in [0.25, 0.3) is 0 Å². The first-order chi connectivity index (χ1) is 11.5. The normalized spacial score (nSPS) is 19.1. The van der Waals surface area contributed by atoms with Crippen molar-refractivity contribution in [1.82, 2.24) is 4.72 Å². The first-order valence-corrected chi connectivity index (χ1v) is 10.8. The lowest BCUT2D eigenvalue weighted by atomic mass is 10.1. The predicted molar refractivity (Wildman–Crippen MR) is 96.0 cm³/mol. The van der Waals surface area contributed by atoms with Gasteiger partial charge in [-0.2, -0.15) is 4.72 Å². The van der Waals surface area contributed by atoms with Gasteiger partial charge in [-0.3, -0.25) is 0 Å². The molecule has 0 bridgehead atoms. The third-order valence-electron chi connectivity index (χ3n) is 3.48. The molecule has 2 aromatic carbocycles. The van der Waals surface area contributed by atoms with Crippen LogP contribution in [0.3, 0.4) is 0 Å². The lowest BCUT2D eigenvalue weighted by Crippen LogP contribution is -2.38. The first kappa shape index (κ1) is 18.7. The summed E-state index contributed by atoms with van der Waals surface area (Å²) < 4.78 is 50.5. The van der Waals surface area contributed by atoms with Gasteiger partial charge in [-0.1, -0.05) is 40.9 Å². The highest BCUT2D eigenvalue weighted by Gasteiger charge is 2.33. The van der Waals surface area contributed by atoms with Crippen LogP contribution in [0.4, 0.5) is 5.69 Å². The lowest BCUT2D eigenvalue weighted by Gasteiger charge is -2.29. The summed E-state index contributed by atoms with van der Waals surface area (Å²) in [6.45, 7) is 0. The van der Waals surface area contributed by atoms with E-state index in [-0.39, 0.29) is 20.6 Å². The Morgan fingerprint density at radius 3 is 2.32 bits per heavy atom. The van der Waals surface area contributed by atoms with Crippen molar-refractivity contribution in [2.45, 2.75) is 16.0 Å². The second kappa shape index (κ2) is 6.27. The summed E-state index contributed by atoms with van der Waals surface area (Å²) in [6.07, 6.45) is -0.890. The van der Waals surface area contributed by atoms with Crippen LogP contribution in [-0.4, -0.2) is 16.8 Å². The zero-order valence-electron chi connectivity index (χ0n) is 12.1. The van der Waals surface area contributed by atoms with Gasteiger partial charge >= 0.3 is 0 Å². The van der Waals surface area contributed by atoms with E-state index in [2.05, 4.69) is 10.0 Å². The van der Waals surface area contributed by atoms with Crippen LogP contribution >= 0.6 is 34.8 Å². The van der Waals surface area contributed by atoms with Crippen LogP contribution in [-0.2, 0) is 20.0 Å². The third-order valence-corrected chi connectivity index (χ3v) is 6.88. The smallest absolute Gasteiger partial charge is 0.244 e. The molecule has 25 heavy (non-hydrogen) atoms. The summed E-state index contributed by atoms with van der Waals surface area (Å²) >= 11 is 17.9. The van der Waals surface area contributed by atoms with E-state index in [1.807, 2.05) is 0 Å². The molecular weight excluding hydrogens is 433 g/mol. The Labute approximate surface area is 159 Å². The van der Waals surface area contributed by atoms with Gasteiger partial charge in [0.05, 0.1) is 10.7 Å². The molecule has 0 amide bonds. The van der Waals surface area contributed by atoms with Gasteiger partial charge in [-0.15, -0.1) is 0 Å². The molecule has 0 radical (unpaired) electrons. The second-order valence-electron chi connectivity index (χ2n) is 5.19. The van der Waals surface area contributed by atoms with Gasteiger partial charge in [0.2, 0.25) is 20.0 Å². The topological polar surface area (TPSA) is 118 Å². The lowest BCUT2D eigenvalue weighted by molar-refractivity contribution is 0.562. The summed E-state index contributed by atoms with van der Waals surface area (Å²) in [5, 5.41) is 8.41. The SMILES string of the molecule is NS(=O)(=O)c1cc2c(cc1Cl)N[C@@H](c1ccc(Cl)cc1Cl)NS2(=O)=O. The highest BCUT2D eigenvalue weighted by molar-refractivity contribution is 7.90. The summed E-state index contributed by atoms with van der Waals surface area (Å²) in [7, 11) is -8.23. The highest BCUT2D eigenvalue weighted by atomic mass is 35.5. The summed E-state index contributed by atoms with van der Waals surface area (Å²) in [6, 6.07) is 6.69. The molecule has 0 aliphatic carbocycles. The molecule has 1 heterocycles. The molecule has 4 N–H and O–H groups in total. The maximum atomic E-state index is 12.5. The molecule has 1 aliphatic heterocycles. The molecular formula is C13H10Cl3N3O4S2. The van der Waals surface area contributed by atoms with Gasteiger partial charge in [0.1, 0.15) is 16.0 Å². The number of rotatable bonds is 2. The molecule has 0 spiro atoms. The summed E-state index contributed by atoms with van der Waals surface area (Å²) in [5.41, 5.74) is 0.555.